The fourth-order valence-corrected chi connectivity index (χ4v) is 4.19. The summed E-state index contributed by atoms with van der Waals surface area (Å²) in [6.45, 7) is 0.0748. The van der Waals surface area contributed by atoms with Crippen molar-refractivity contribution >= 4 is 16.0 Å². The summed E-state index contributed by atoms with van der Waals surface area (Å²) in [5.41, 5.74) is 0.124. The summed E-state index contributed by atoms with van der Waals surface area (Å²) in [6.07, 6.45) is 2.22. The standard InChI is InChI=1S/C21H25F3N2O4S/c22-21(23,24)18-9-11-19(12-10-18)31(29,30)26-14-2-1-7-17(20(27)28)8-3-5-16-6-4-13-25-15-16/h4,6,9-13,15,17,26H,1-3,5,7-8,14H2,(H,27,28). The number of aliphatic carboxylic acids is 1. The van der Waals surface area contributed by atoms with Crippen molar-refractivity contribution in [1.29, 1.82) is 0 Å². The first kappa shape index (κ1) is 24.8. The maximum Gasteiger partial charge on any atom is 0.416 e. The van der Waals surface area contributed by atoms with E-state index in [1.54, 1.807) is 12.4 Å². The number of carbonyl (C=O) groups is 1. The predicted molar refractivity (Wildman–Crippen MR) is 109 cm³/mol. The highest BCUT2D eigenvalue weighted by atomic mass is 32.2. The van der Waals surface area contributed by atoms with Gasteiger partial charge in [-0.05, 0) is 68.0 Å². The number of aryl methyl sites for hydroxylation is 1. The van der Waals surface area contributed by atoms with Crippen LogP contribution in [0, 0.1) is 5.92 Å². The number of carboxylic acid groups (broad SMARTS) is 1. The highest BCUT2D eigenvalue weighted by Crippen LogP contribution is 2.29. The van der Waals surface area contributed by atoms with Gasteiger partial charge >= 0.3 is 12.1 Å². The van der Waals surface area contributed by atoms with Crippen molar-refractivity contribution in [3.63, 3.8) is 0 Å². The molecule has 0 radical (unpaired) electrons. The van der Waals surface area contributed by atoms with Crippen LogP contribution in [0.4, 0.5) is 13.2 Å². The van der Waals surface area contributed by atoms with Crippen LogP contribution in [-0.4, -0.2) is 31.0 Å². The minimum Gasteiger partial charge on any atom is -0.481 e. The smallest absolute Gasteiger partial charge is 0.416 e. The molecule has 2 N–H and O–H groups in total. The third-order valence-corrected chi connectivity index (χ3v) is 6.33. The molecule has 1 atom stereocenters. The van der Waals surface area contributed by atoms with E-state index < -0.39 is 33.7 Å². The number of nitrogens with one attached hydrogen (secondary N) is 1. The van der Waals surface area contributed by atoms with Crippen molar-refractivity contribution in [2.24, 2.45) is 5.92 Å². The number of benzene rings is 1. The van der Waals surface area contributed by atoms with Gasteiger partial charge in [-0.25, -0.2) is 13.1 Å². The quantitative estimate of drug-likeness (QED) is 0.463. The zero-order chi connectivity index (χ0) is 22.9. The molecule has 0 saturated heterocycles. The number of rotatable bonds is 12. The van der Waals surface area contributed by atoms with Crippen LogP contribution in [-0.2, 0) is 27.4 Å². The van der Waals surface area contributed by atoms with Gasteiger partial charge in [-0.1, -0.05) is 12.5 Å². The highest BCUT2D eigenvalue weighted by molar-refractivity contribution is 7.89. The molecule has 1 aromatic heterocycles. The molecule has 1 unspecified atom stereocenters. The molecule has 0 bridgehead atoms. The summed E-state index contributed by atoms with van der Waals surface area (Å²) >= 11 is 0. The SMILES string of the molecule is O=C(O)C(CCCCNS(=O)(=O)c1ccc(C(F)(F)F)cc1)CCCc1cccnc1. The fraction of sp³-hybridized carbons (Fsp3) is 0.429. The second-order valence-electron chi connectivity index (χ2n) is 7.20. The van der Waals surface area contributed by atoms with E-state index >= 15 is 0 Å². The van der Waals surface area contributed by atoms with Gasteiger partial charge in [0.05, 0.1) is 16.4 Å². The van der Waals surface area contributed by atoms with E-state index in [2.05, 4.69) is 9.71 Å². The Morgan fingerprint density at radius 1 is 1.06 bits per heavy atom. The van der Waals surface area contributed by atoms with Gasteiger partial charge in [-0.3, -0.25) is 9.78 Å². The Bertz CT molecular complexity index is 933. The van der Waals surface area contributed by atoms with Gasteiger partial charge in [0, 0.05) is 18.9 Å². The summed E-state index contributed by atoms with van der Waals surface area (Å²) in [6, 6.07) is 7.03. The number of alkyl halides is 3. The molecule has 0 aliphatic heterocycles. The molecule has 2 rings (SSSR count). The second kappa shape index (κ2) is 11.2. The summed E-state index contributed by atoms with van der Waals surface area (Å²) in [7, 11) is -3.92. The molecule has 1 aromatic carbocycles. The van der Waals surface area contributed by atoms with Crippen LogP contribution in [0.2, 0.25) is 0 Å². The Kier molecular flexibility index (Phi) is 9.00. The van der Waals surface area contributed by atoms with Gasteiger partial charge in [0.1, 0.15) is 0 Å². The molecule has 0 fully saturated rings. The van der Waals surface area contributed by atoms with Crippen molar-refractivity contribution < 1.29 is 31.5 Å². The lowest BCUT2D eigenvalue weighted by Gasteiger charge is -2.13. The van der Waals surface area contributed by atoms with Gasteiger partial charge in [0.2, 0.25) is 10.0 Å². The van der Waals surface area contributed by atoms with Crippen molar-refractivity contribution in [3.05, 3.63) is 59.9 Å². The number of unbranched alkanes of at least 4 members (excludes halogenated alkanes) is 1. The van der Waals surface area contributed by atoms with Crippen LogP contribution in [0.1, 0.15) is 43.2 Å². The zero-order valence-electron chi connectivity index (χ0n) is 16.8. The minimum atomic E-state index is -4.53. The molecule has 0 saturated carbocycles. The van der Waals surface area contributed by atoms with Crippen LogP contribution in [0.3, 0.4) is 0 Å². The van der Waals surface area contributed by atoms with Gasteiger partial charge in [0.15, 0.2) is 0 Å². The number of nitrogens with zero attached hydrogens (tertiary/aromatic N) is 1. The molecule has 2 aromatic rings. The molecule has 170 valence electrons. The van der Waals surface area contributed by atoms with Crippen molar-refractivity contribution in [2.75, 3.05) is 6.54 Å². The molecule has 6 nitrogen and oxygen atoms in total. The Balaban J connectivity index is 1.74. The van der Waals surface area contributed by atoms with Gasteiger partial charge in [-0.15, -0.1) is 0 Å². The third kappa shape index (κ3) is 8.29. The van der Waals surface area contributed by atoms with Crippen LogP contribution in [0.15, 0.2) is 53.7 Å². The van der Waals surface area contributed by atoms with E-state index in [0.717, 1.165) is 36.2 Å². The molecule has 1 heterocycles. The summed E-state index contributed by atoms with van der Waals surface area (Å²) < 4.78 is 64.4. The van der Waals surface area contributed by atoms with E-state index in [-0.39, 0.29) is 11.4 Å². The average molecular weight is 459 g/mol. The normalized spacial score (nSPS) is 13.1. The Labute approximate surface area is 179 Å². The maximum atomic E-state index is 12.6. The van der Waals surface area contributed by atoms with Gasteiger partial charge in [-0.2, -0.15) is 13.2 Å². The van der Waals surface area contributed by atoms with Crippen LogP contribution < -0.4 is 4.72 Å². The monoisotopic (exact) mass is 458 g/mol. The van der Waals surface area contributed by atoms with E-state index in [4.69, 9.17) is 0 Å². The van der Waals surface area contributed by atoms with Crippen LogP contribution >= 0.6 is 0 Å². The summed E-state index contributed by atoms with van der Waals surface area (Å²) in [4.78, 5) is 15.2. The second-order valence-corrected chi connectivity index (χ2v) is 8.97. The first-order valence-electron chi connectivity index (χ1n) is 9.88. The number of sulfonamides is 1. The van der Waals surface area contributed by atoms with E-state index in [1.807, 2.05) is 12.1 Å². The Morgan fingerprint density at radius 2 is 1.74 bits per heavy atom. The number of pyridine rings is 1. The first-order valence-corrected chi connectivity index (χ1v) is 11.4. The lowest BCUT2D eigenvalue weighted by molar-refractivity contribution is -0.142. The van der Waals surface area contributed by atoms with Gasteiger partial charge < -0.3 is 5.11 Å². The number of hydrogen-bond donors (Lipinski definition) is 2. The molecular formula is C21H25F3N2O4S. The first-order chi connectivity index (χ1) is 14.6. The molecule has 0 aliphatic rings. The highest BCUT2D eigenvalue weighted by Gasteiger charge is 2.30. The Morgan fingerprint density at radius 3 is 2.32 bits per heavy atom. The minimum absolute atomic E-state index is 0.0748. The number of aromatic nitrogens is 1. The maximum absolute atomic E-state index is 12.6. The Hall–Kier alpha value is -2.46. The topological polar surface area (TPSA) is 96.4 Å². The lowest BCUT2D eigenvalue weighted by Crippen LogP contribution is -2.25. The van der Waals surface area contributed by atoms with Crippen LogP contribution in [0.5, 0.6) is 0 Å². The fourth-order valence-electron chi connectivity index (χ4n) is 3.12. The van der Waals surface area contributed by atoms with E-state index in [1.165, 1.54) is 0 Å². The van der Waals surface area contributed by atoms with E-state index in [0.29, 0.717) is 32.1 Å². The third-order valence-electron chi connectivity index (χ3n) is 4.85. The van der Waals surface area contributed by atoms with E-state index in [9.17, 15) is 31.5 Å². The number of carboxylic acids is 1. The van der Waals surface area contributed by atoms with Gasteiger partial charge in [0.25, 0.3) is 0 Å². The molecule has 31 heavy (non-hydrogen) atoms. The summed E-state index contributed by atoms with van der Waals surface area (Å²) in [5.74, 6) is -1.39. The average Bonchev–Trinajstić information content (AvgIpc) is 2.72. The lowest BCUT2D eigenvalue weighted by atomic mass is 9.95. The molecule has 0 amide bonds. The molecule has 0 spiro atoms. The predicted octanol–water partition coefficient (Wildman–Crippen LogP) is 4.27. The number of halogens is 3. The summed E-state index contributed by atoms with van der Waals surface area (Å²) in [5, 5.41) is 9.38. The van der Waals surface area contributed by atoms with Crippen molar-refractivity contribution in [2.45, 2.75) is 49.6 Å². The van der Waals surface area contributed by atoms with Crippen molar-refractivity contribution in [1.82, 2.24) is 9.71 Å². The molecule has 10 heteroatoms. The molecular weight excluding hydrogens is 433 g/mol. The zero-order valence-corrected chi connectivity index (χ0v) is 17.6. The van der Waals surface area contributed by atoms with Crippen molar-refractivity contribution in [3.8, 4) is 0 Å². The largest absolute Gasteiger partial charge is 0.481 e. The molecule has 0 aliphatic carbocycles. The van der Waals surface area contributed by atoms with Crippen LogP contribution in [0.25, 0.3) is 0 Å². The number of hydrogen-bond acceptors (Lipinski definition) is 4.